The predicted molar refractivity (Wildman–Crippen MR) is 41.0 cm³/mol. The van der Waals surface area contributed by atoms with Gasteiger partial charge in [0.25, 0.3) is 0 Å². The second kappa shape index (κ2) is 3.69. The SMILES string of the molecule is CN1C(=O)CCOCC1CN. The van der Waals surface area contributed by atoms with Crippen LogP contribution < -0.4 is 5.73 Å². The van der Waals surface area contributed by atoms with Gasteiger partial charge in [0.2, 0.25) is 5.91 Å². The first kappa shape index (κ1) is 8.49. The molecule has 0 aromatic heterocycles. The number of hydrogen-bond donors (Lipinski definition) is 1. The summed E-state index contributed by atoms with van der Waals surface area (Å²) in [6.45, 7) is 1.57. The van der Waals surface area contributed by atoms with Crippen molar-refractivity contribution >= 4 is 5.91 Å². The van der Waals surface area contributed by atoms with Gasteiger partial charge in [-0.25, -0.2) is 0 Å². The van der Waals surface area contributed by atoms with Gasteiger partial charge in [-0.1, -0.05) is 0 Å². The smallest absolute Gasteiger partial charge is 0.225 e. The monoisotopic (exact) mass is 158 g/mol. The summed E-state index contributed by atoms with van der Waals surface area (Å²) in [7, 11) is 1.77. The summed E-state index contributed by atoms with van der Waals surface area (Å²) in [5.74, 6) is 0.123. The van der Waals surface area contributed by atoms with Crippen LogP contribution in [0.4, 0.5) is 0 Å². The minimum Gasteiger partial charge on any atom is -0.379 e. The van der Waals surface area contributed by atoms with E-state index in [0.29, 0.717) is 26.2 Å². The molecule has 1 fully saturated rings. The number of carbonyl (C=O) groups excluding carboxylic acids is 1. The highest BCUT2D eigenvalue weighted by Gasteiger charge is 2.21. The van der Waals surface area contributed by atoms with Gasteiger partial charge in [0.15, 0.2) is 0 Å². The molecule has 1 heterocycles. The van der Waals surface area contributed by atoms with Crippen LogP contribution in [0.1, 0.15) is 6.42 Å². The predicted octanol–water partition coefficient (Wildman–Crippen LogP) is -0.808. The Morgan fingerprint density at radius 3 is 3.18 bits per heavy atom. The van der Waals surface area contributed by atoms with Crippen molar-refractivity contribution in [3.63, 3.8) is 0 Å². The van der Waals surface area contributed by atoms with Crippen LogP contribution in [0.15, 0.2) is 0 Å². The van der Waals surface area contributed by atoms with Crippen molar-refractivity contribution in [2.75, 3.05) is 26.8 Å². The Balaban J connectivity index is 2.56. The molecule has 1 aliphatic heterocycles. The van der Waals surface area contributed by atoms with Gasteiger partial charge in [-0.3, -0.25) is 4.79 Å². The number of nitrogens with two attached hydrogens (primary N) is 1. The lowest BCUT2D eigenvalue weighted by Gasteiger charge is -2.23. The number of rotatable bonds is 1. The van der Waals surface area contributed by atoms with E-state index in [1.807, 2.05) is 0 Å². The first-order valence-electron chi connectivity index (χ1n) is 3.79. The second-order valence-electron chi connectivity index (χ2n) is 2.72. The van der Waals surface area contributed by atoms with E-state index in [0.717, 1.165) is 0 Å². The summed E-state index contributed by atoms with van der Waals surface area (Å²) >= 11 is 0. The fourth-order valence-electron chi connectivity index (χ4n) is 1.10. The molecule has 11 heavy (non-hydrogen) atoms. The Bertz CT molecular complexity index is 149. The number of nitrogens with zero attached hydrogens (tertiary/aromatic N) is 1. The minimum absolute atomic E-state index is 0.0602. The first-order valence-corrected chi connectivity index (χ1v) is 3.79. The average molecular weight is 158 g/mol. The fourth-order valence-corrected chi connectivity index (χ4v) is 1.10. The van der Waals surface area contributed by atoms with Crippen molar-refractivity contribution in [2.24, 2.45) is 5.73 Å². The zero-order valence-corrected chi connectivity index (χ0v) is 6.75. The van der Waals surface area contributed by atoms with E-state index < -0.39 is 0 Å². The van der Waals surface area contributed by atoms with Gasteiger partial charge >= 0.3 is 0 Å². The highest BCUT2D eigenvalue weighted by Crippen LogP contribution is 2.04. The van der Waals surface area contributed by atoms with E-state index in [4.69, 9.17) is 10.5 Å². The summed E-state index contributed by atoms with van der Waals surface area (Å²) < 4.78 is 5.20. The zero-order valence-electron chi connectivity index (χ0n) is 6.75. The van der Waals surface area contributed by atoms with Gasteiger partial charge in [-0.2, -0.15) is 0 Å². The van der Waals surface area contributed by atoms with Crippen LogP contribution in [0.3, 0.4) is 0 Å². The Morgan fingerprint density at radius 1 is 1.82 bits per heavy atom. The van der Waals surface area contributed by atoms with Crippen molar-refractivity contribution < 1.29 is 9.53 Å². The Labute approximate surface area is 66.3 Å². The van der Waals surface area contributed by atoms with E-state index in [1.54, 1.807) is 11.9 Å². The average Bonchev–Trinajstić information content (AvgIpc) is 2.16. The molecule has 1 aliphatic rings. The van der Waals surface area contributed by atoms with E-state index in [2.05, 4.69) is 0 Å². The summed E-state index contributed by atoms with van der Waals surface area (Å²) in [6, 6.07) is 0.0602. The highest BCUT2D eigenvalue weighted by molar-refractivity contribution is 5.76. The van der Waals surface area contributed by atoms with Crippen LogP contribution >= 0.6 is 0 Å². The van der Waals surface area contributed by atoms with Crippen LogP contribution in [-0.4, -0.2) is 43.7 Å². The second-order valence-corrected chi connectivity index (χ2v) is 2.72. The molecule has 0 bridgehead atoms. The number of carbonyl (C=O) groups is 1. The number of amides is 1. The number of ether oxygens (including phenoxy) is 1. The maximum atomic E-state index is 11.2. The van der Waals surface area contributed by atoms with Crippen LogP contribution in [0.25, 0.3) is 0 Å². The van der Waals surface area contributed by atoms with Crippen LogP contribution in [0, 0.1) is 0 Å². The fraction of sp³-hybridized carbons (Fsp3) is 0.857. The molecule has 1 saturated heterocycles. The van der Waals surface area contributed by atoms with Crippen molar-refractivity contribution in [1.82, 2.24) is 4.90 Å². The minimum atomic E-state index is 0.0602. The van der Waals surface area contributed by atoms with Gasteiger partial charge in [-0.05, 0) is 0 Å². The third-order valence-electron chi connectivity index (χ3n) is 1.98. The van der Waals surface area contributed by atoms with Gasteiger partial charge in [0.1, 0.15) is 0 Å². The van der Waals surface area contributed by atoms with E-state index in [-0.39, 0.29) is 11.9 Å². The topological polar surface area (TPSA) is 55.6 Å². The van der Waals surface area contributed by atoms with Crippen molar-refractivity contribution in [2.45, 2.75) is 12.5 Å². The number of hydrogen-bond acceptors (Lipinski definition) is 3. The van der Waals surface area contributed by atoms with Crippen molar-refractivity contribution in [3.8, 4) is 0 Å². The maximum absolute atomic E-state index is 11.2. The summed E-state index contributed by atoms with van der Waals surface area (Å²) in [5, 5.41) is 0. The highest BCUT2D eigenvalue weighted by atomic mass is 16.5. The molecule has 1 unspecified atom stereocenters. The van der Waals surface area contributed by atoms with Crippen LogP contribution in [0.5, 0.6) is 0 Å². The third kappa shape index (κ3) is 1.91. The number of likely N-dealkylation sites (N-methyl/N-ethyl adjacent to an activating group) is 1. The molecule has 0 saturated carbocycles. The molecule has 0 spiro atoms. The molecule has 0 aliphatic carbocycles. The largest absolute Gasteiger partial charge is 0.379 e. The summed E-state index contributed by atoms with van der Waals surface area (Å²) in [6.07, 6.45) is 0.479. The molecule has 4 nitrogen and oxygen atoms in total. The normalized spacial score (nSPS) is 26.9. The molecular weight excluding hydrogens is 144 g/mol. The quantitative estimate of drug-likeness (QED) is 0.543. The van der Waals surface area contributed by atoms with E-state index >= 15 is 0 Å². The molecule has 64 valence electrons. The lowest BCUT2D eigenvalue weighted by molar-refractivity contribution is -0.130. The Kier molecular flexibility index (Phi) is 2.84. The Hall–Kier alpha value is -0.610. The molecule has 0 aromatic rings. The molecular formula is C7H14N2O2. The molecule has 1 amide bonds. The van der Waals surface area contributed by atoms with E-state index in [9.17, 15) is 4.79 Å². The Morgan fingerprint density at radius 2 is 2.55 bits per heavy atom. The zero-order chi connectivity index (χ0) is 8.27. The molecule has 4 heteroatoms. The van der Waals surface area contributed by atoms with Gasteiger partial charge in [0.05, 0.1) is 25.7 Å². The van der Waals surface area contributed by atoms with Gasteiger partial charge in [0, 0.05) is 13.6 Å². The van der Waals surface area contributed by atoms with Gasteiger partial charge < -0.3 is 15.4 Å². The van der Waals surface area contributed by atoms with Gasteiger partial charge in [-0.15, -0.1) is 0 Å². The molecule has 1 rings (SSSR count). The van der Waals surface area contributed by atoms with Crippen molar-refractivity contribution in [1.29, 1.82) is 0 Å². The molecule has 2 N–H and O–H groups in total. The molecule has 0 radical (unpaired) electrons. The standard InChI is InChI=1S/C7H14N2O2/c1-9-6(4-8)5-11-3-2-7(9)10/h6H,2-5,8H2,1H3. The summed E-state index contributed by atoms with van der Waals surface area (Å²) in [4.78, 5) is 12.8. The van der Waals surface area contributed by atoms with Crippen molar-refractivity contribution in [3.05, 3.63) is 0 Å². The summed E-state index contributed by atoms with van der Waals surface area (Å²) in [5.41, 5.74) is 5.45. The molecule has 1 atom stereocenters. The van der Waals surface area contributed by atoms with Crippen LogP contribution in [-0.2, 0) is 9.53 Å². The van der Waals surface area contributed by atoms with E-state index in [1.165, 1.54) is 0 Å². The third-order valence-corrected chi connectivity index (χ3v) is 1.98. The van der Waals surface area contributed by atoms with Crippen LogP contribution in [0.2, 0.25) is 0 Å². The molecule has 0 aromatic carbocycles. The lowest BCUT2D eigenvalue weighted by atomic mass is 10.3. The maximum Gasteiger partial charge on any atom is 0.225 e. The lowest BCUT2D eigenvalue weighted by Crippen LogP contribution is -2.42. The first-order chi connectivity index (χ1) is 5.25.